The van der Waals surface area contributed by atoms with Gasteiger partial charge >= 0.3 is 0 Å². The number of allylic oxidation sites excluding steroid dienone is 2. The van der Waals surface area contributed by atoms with Crippen molar-refractivity contribution >= 4 is 35.3 Å². The van der Waals surface area contributed by atoms with Crippen LogP contribution in [-0.2, 0) is 0 Å². The van der Waals surface area contributed by atoms with Crippen LogP contribution in [0.1, 0.15) is 5.56 Å². The van der Waals surface area contributed by atoms with Crippen molar-refractivity contribution < 1.29 is 4.92 Å². The Labute approximate surface area is 158 Å². The molecule has 0 aliphatic rings. The number of hydrogen-bond acceptors (Lipinski definition) is 7. The Morgan fingerprint density at radius 1 is 1.23 bits per heavy atom. The van der Waals surface area contributed by atoms with Gasteiger partial charge in [0.1, 0.15) is 17.8 Å². The molecule has 0 aliphatic carbocycles. The van der Waals surface area contributed by atoms with Crippen LogP contribution in [0.25, 0.3) is 0 Å². The van der Waals surface area contributed by atoms with Gasteiger partial charge in [0.05, 0.1) is 4.92 Å². The molecular formula is C17H10ClN5O2S. The van der Waals surface area contributed by atoms with E-state index in [4.69, 9.17) is 27.9 Å². The van der Waals surface area contributed by atoms with Crippen LogP contribution in [0.3, 0.4) is 0 Å². The highest BCUT2D eigenvalue weighted by Crippen LogP contribution is 2.32. The molecule has 7 nitrogen and oxygen atoms in total. The lowest BCUT2D eigenvalue weighted by Gasteiger charge is -2.06. The van der Waals surface area contributed by atoms with Crippen LogP contribution in [0.4, 0.5) is 5.69 Å². The van der Waals surface area contributed by atoms with Crippen LogP contribution < -0.4 is 5.73 Å². The van der Waals surface area contributed by atoms with Gasteiger partial charge in [-0.3, -0.25) is 10.1 Å². The Kier molecular flexibility index (Phi) is 6.34. The third-order valence-corrected chi connectivity index (χ3v) is 4.41. The summed E-state index contributed by atoms with van der Waals surface area (Å²) in [5.41, 5.74) is 5.10. The Morgan fingerprint density at radius 3 is 2.50 bits per heavy atom. The average molecular weight is 384 g/mol. The number of hydrogen-bond donors (Lipinski definition) is 1. The number of rotatable bonds is 5. The molecular weight excluding hydrogens is 374 g/mol. The van der Waals surface area contributed by atoms with Gasteiger partial charge in [0.2, 0.25) is 0 Å². The molecule has 0 bridgehead atoms. The average Bonchev–Trinajstić information content (AvgIpc) is 2.64. The number of nitrogens with zero attached hydrogens (tertiary/aromatic N) is 4. The van der Waals surface area contributed by atoms with E-state index in [-0.39, 0.29) is 17.1 Å². The maximum atomic E-state index is 11.0. The Balaban J connectivity index is 2.46. The largest absolute Gasteiger partial charge is 0.388 e. The number of halogens is 1. The van der Waals surface area contributed by atoms with Crippen LogP contribution >= 0.6 is 23.4 Å². The molecule has 0 aromatic heterocycles. The van der Waals surface area contributed by atoms with E-state index < -0.39 is 4.92 Å². The molecule has 2 aromatic rings. The summed E-state index contributed by atoms with van der Waals surface area (Å²) in [5.74, 6) is 0. The molecule has 0 fully saturated rings. The van der Waals surface area contributed by atoms with E-state index in [0.717, 1.165) is 4.90 Å². The highest BCUT2D eigenvalue weighted by atomic mass is 35.5. The van der Waals surface area contributed by atoms with Crippen molar-refractivity contribution in [1.82, 2.24) is 0 Å². The van der Waals surface area contributed by atoms with E-state index in [0.29, 0.717) is 15.5 Å². The lowest BCUT2D eigenvalue weighted by molar-refractivity contribution is -0.384. The van der Waals surface area contributed by atoms with Crippen LogP contribution in [0, 0.1) is 32.8 Å². The van der Waals surface area contributed by atoms with E-state index in [1.54, 1.807) is 30.3 Å². The SMILES string of the molecule is N#C/C(N)=C(\C#N)N=Cc1cc([N+](=O)[O-])ccc1Sc1ccc(Cl)cc1. The Bertz CT molecular complexity index is 988. The van der Waals surface area contributed by atoms with Crippen molar-refractivity contribution in [3.05, 3.63) is 74.6 Å². The zero-order valence-corrected chi connectivity index (χ0v) is 14.7. The predicted molar refractivity (Wildman–Crippen MR) is 98.7 cm³/mol. The standard InChI is InChI=1S/C17H10ClN5O2S/c18-12-1-4-14(5-2-12)26-17-6-3-13(23(24)25)7-11(17)10-22-16(9-20)15(21)8-19/h1-7,10H,21H2/b16-15-,22-10?. The van der Waals surface area contributed by atoms with Gasteiger partial charge in [-0.05, 0) is 30.3 Å². The lowest BCUT2D eigenvalue weighted by atomic mass is 10.2. The summed E-state index contributed by atoms with van der Waals surface area (Å²) in [6, 6.07) is 14.7. The van der Waals surface area contributed by atoms with E-state index >= 15 is 0 Å². The maximum absolute atomic E-state index is 11.0. The minimum atomic E-state index is -0.529. The third-order valence-electron chi connectivity index (χ3n) is 3.06. The second-order valence-electron chi connectivity index (χ2n) is 4.78. The van der Waals surface area contributed by atoms with Crippen LogP contribution in [0.5, 0.6) is 0 Å². The normalized spacial score (nSPS) is 11.5. The van der Waals surface area contributed by atoms with Gasteiger partial charge in [-0.25, -0.2) is 4.99 Å². The second-order valence-corrected chi connectivity index (χ2v) is 6.33. The van der Waals surface area contributed by atoms with E-state index in [2.05, 4.69) is 4.99 Å². The van der Waals surface area contributed by atoms with Crippen molar-refractivity contribution in [2.45, 2.75) is 9.79 Å². The zero-order valence-electron chi connectivity index (χ0n) is 13.1. The predicted octanol–water partition coefficient (Wildman–Crippen LogP) is 4.04. The maximum Gasteiger partial charge on any atom is 0.270 e. The van der Waals surface area contributed by atoms with Gasteiger partial charge < -0.3 is 5.73 Å². The topological polar surface area (TPSA) is 129 Å². The third kappa shape index (κ3) is 4.84. The monoisotopic (exact) mass is 383 g/mol. The molecule has 0 spiro atoms. The molecule has 0 amide bonds. The lowest BCUT2D eigenvalue weighted by Crippen LogP contribution is -1.98. The summed E-state index contributed by atoms with van der Waals surface area (Å²) in [5, 5.41) is 29.4. The van der Waals surface area contributed by atoms with Crippen LogP contribution in [-0.4, -0.2) is 11.1 Å². The van der Waals surface area contributed by atoms with Gasteiger partial charge in [0.15, 0.2) is 5.70 Å². The van der Waals surface area contributed by atoms with E-state index in [9.17, 15) is 10.1 Å². The molecule has 0 heterocycles. The van der Waals surface area contributed by atoms with Crippen LogP contribution in [0.2, 0.25) is 5.02 Å². The van der Waals surface area contributed by atoms with Gasteiger partial charge in [0.25, 0.3) is 5.69 Å². The molecule has 0 saturated carbocycles. The van der Waals surface area contributed by atoms with Crippen LogP contribution in [0.15, 0.2) is 68.6 Å². The smallest absolute Gasteiger partial charge is 0.270 e. The molecule has 2 rings (SSSR count). The molecule has 2 N–H and O–H groups in total. The van der Waals surface area contributed by atoms with Crippen molar-refractivity contribution in [2.24, 2.45) is 10.7 Å². The minimum absolute atomic E-state index is 0.123. The molecule has 128 valence electrons. The minimum Gasteiger partial charge on any atom is -0.388 e. The fourth-order valence-corrected chi connectivity index (χ4v) is 2.84. The number of benzene rings is 2. The Hall–Kier alpha value is -3.33. The van der Waals surface area contributed by atoms with E-state index in [1.807, 2.05) is 12.1 Å². The summed E-state index contributed by atoms with van der Waals surface area (Å²) in [6.07, 6.45) is 1.27. The zero-order chi connectivity index (χ0) is 19.1. The summed E-state index contributed by atoms with van der Waals surface area (Å²) in [6.45, 7) is 0. The summed E-state index contributed by atoms with van der Waals surface area (Å²) in [7, 11) is 0. The first kappa shape index (κ1) is 19.0. The van der Waals surface area contributed by atoms with Crippen molar-refractivity contribution in [3.63, 3.8) is 0 Å². The molecule has 9 heteroatoms. The Morgan fingerprint density at radius 2 is 1.92 bits per heavy atom. The fourth-order valence-electron chi connectivity index (χ4n) is 1.82. The van der Waals surface area contributed by atoms with Gasteiger partial charge in [0, 0.05) is 38.7 Å². The van der Waals surface area contributed by atoms with Crippen molar-refractivity contribution in [1.29, 1.82) is 10.5 Å². The van der Waals surface area contributed by atoms with Crippen molar-refractivity contribution in [3.8, 4) is 12.1 Å². The highest BCUT2D eigenvalue weighted by Gasteiger charge is 2.11. The first-order valence-corrected chi connectivity index (χ1v) is 8.20. The fraction of sp³-hybridized carbons (Fsp3) is 0. The van der Waals surface area contributed by atoms with Crippen molar-refractivity contribution in [2.75, 3.05) is 0 Å². The summed E-state index contributed by atoms with van der Waals surface area (Å²) >= 11 is 7.22. The van der Waals surface area contributed by atoms with Gasteiger partial charge in [-0.2, -0.15) is 10.5 Å². The number of aliphatic imine (C=N–C) groups is 1. The molecule has 2 aromatic carbocycles. The first-order valence-electron chi connectivity index (χ1n) is 7.00. The number of nitro benzene ring substituents is 1. The number of nitro groups is 1. The van der Waals surface area contributed by atoms with Gasteiger partial charge in [-0.15, -0.1) is 0 Å². The van der Waals surface area contributed by atoms with Gasteiger partial charge in [-0.1, -0.05) is 23.4 Å². The molecule has 0 aliphatic heterocycles. The molecule has 0 saturated heterocycles. The first-order chi connectivity index (χ1) is 12.4. The number of nitrogens with two attached hydrogens (primary N) is 1. The highest BCUT2D eigenvalue weighted by molar-refractivity contribution is 7.99. The van der Waals surface area contributed by atoms with E-state index in [1.165, 1.54) is 30.1 Å². The number of nitriles is 2. The molecule has 0 radical (unpaired) electrons. The summed E-state index contributed by atoms with van der Waals surface area (Å²) in [4.78, 5) is 15.9. The quantitative estimate of drug-likeness (QED) is 0.359. The molecule has 26 heavy (non-hydrogen) atoms. The second kappa shape index (κ2) is 8.67. The summed E-state index contributed by atoms with van der Waals surface area (Å²) < 4.78 is 0. The molecule has 0 atom stereocenters. The molecule has 0 unspecified atom stereocenters. The number of non-ortho nitro benzene ring substituents is 1.